The number of nitrogens with zero attached hydrogens (tertiary/aromatic N) is 2. The molecule has 5 nitrogen and oxygen atoms in total. The summed E-state index contributed by atoms with van der Waals surface area (Å²) in [6, 6.07) is 7.58. The summed E-state index contributed by atoms with van der Waals surface area (Å²) in [6.45, 7) is 0.484. The van der Waals surface area contributed by atoms with Gasteiger partial charge >= 0.3 is 0 Å². The van der Waals surface area contributed by atoms with Crippen LogP contribution in [0.25, 0.3) is 0 Å². The quantitative estimate of drug-likeness (QED) is 0.619. The Morgan fingerprint density at radius 1 is 1.40 bits per heavy atom. The fraction of sp³-hybridized carbons (Fsp3) is 0.286. The van der Waals surface area contributed by atoms with Gasteiger partial charge in [0.2, 0.25) is 0 Å². The normalized spacial score (nSPS) is 14.2. The average molecular weight is 276 g/mol. The summed E-state index contributed by atoms with van der Waals surface area (Å²) >= 11 is 0. The first-order valence-corrected chi connectivity index (χ1v) is 6.37. The van der Waals surface area contributed by atoms with Gasteiger partial charge in [-0.1, -0.05) is 0 Å². The Labute approximate surface area is 114 Å². The van der Waals surface area contributed by atoms with Gasteiger partial charge in [0.15, 0.2) is 0 Å². The lowest BCUT2D eigenvalue weighted by Gasteiger charge is -2.23. The summed E-state index contributed by atoms with van der Waals surface area (Å²) in [5.74, 6) is 0.156. The van der Waals surface area contributed by atoms with E-state index < -0.39 is 10.7 Å². The second kappa shape index (κ2) is 4.96. The third kappa shape index (κ3) is 2.64. The van der Waals surface area contributed by atoms with Crippen LogP contribution in [0.1, 0.15) is 18.6 Å². The number of anilines is 1. The Bertz CT molecular complexity index is 623. The highest BCUT2D eigenvalue weighted by Crippen LogP contribution is 2.35. The molecule has 1 aliphatic carbocycles. The fourth-order valence-corrected chi connectivity index (χ4v) is 2.22. The minimum Gasteiger partial charge on any atom is -0.467 e. The van der Waals surface area contributed by atoms with E-state index in [1.165, 1.54) is 12.1 Å². The molecule has 1 saturated carbocycles. The first-order valence-electron chi connectivity index (χ1n) is 6.37. The van der Waals surface area contributed by atoms with Crippen LogP contribution >= 0.6 is 0 Å². The van der Waals surface area contributed by atoms with E-state index in [-0.39, 0.29) is 5.69 Å². The Hall–Kier alpha value is -2.37. The van der Waals surface area contributed by atoms with Crippen LogP contribution in [-0.4, -0.2) is 11.0 Å². The number of hydrogen-bond donors (Lipinski definition) is 0. The van der Waals surface area contributed by atoms with Crippen LogP contribution in [0.5, 0.6) is 0 Å². The van der Waals surface area contributed by atoms with E-state index in [4.69, 9.17) is 4.42 Å². The first kappa shape index (κ1) is 12.7. The maximum atomic E-state index is 13.6. The average Bonchev–Trinajstić information content (AvgIpc) is 3.12. The highest BCUT2D eigenvalue weighted by Gasteiger charge is 2.31. The predicted molar refractivity (Wildman–Crippen MR) is 71.0 cm³/mol. The van der Waals surface area contributed by atoms with Crippen LogP contribution < -0.4 is 4.90 Å². The zero-order valence-corrected chi connectivity index (χ0v) is 10.7. The van der Waals surface area contributed by atoms with Gasteiger partial charge in [0.1, 0.15) is 11.6 Å². The molecule has 20 heavy (non-hydrogen) atoms. The van der Waals surface area contributed by atoms with Crippen molar-refractivity contribution in [2.24, 2.45) is 0 Å². The van der Waals surface area contributed by atoms with Crippen LogP contribution in [0.2, 0.25) is 0 Å². The molecule has 0 bridgehead atoms. The molecule has 1 aliphatic rings. The van der Waals surface area contributed by atoms with Crippen molar-refractivity contribution in [3.8, 4) is 0 Å². The van der Waals surface area contributed by atoms with Crippen molar-refractivity contribution in [1.82, 2.24) is 0 Å². The number of hydrogen-bond acceptors (Lipinski definition) is 4. The van der Waals surface area contributed by atoms with Crippen LogP contribution in [0.4, 0.5) is 15.8 Å². The lowest BCUT2D eigenvalue weighted by Crippen LogP contribution is -2.24. The van der Waals surface area contributed by atoms with Gasteiger partial charge < -0.3 is 9.32 Å². The minimum absolute atomic E-state index is 0.231. The van der Waals surface area contributed by atoms with E-state index in [1.807, 2.05) is 11.0 Å². The molecule has 0 atom stereocenters. The number of non-ortho nitro benzene ring substituents is 1. The highest BCUT2D eigenvalue weighted by atomic mass is 19.1. The summed E-state index contributed by atoms with van der Waals surface area (Å²) in [7, 11) is 0. The summed E-state index contributed by atoms with van der Waals surface area (Å²) in [5, 5.41) is 10.8. The molecule has 0 radical (unpaired) electrons. The molecule has 104 valence electrons. The van der Waals surface area contributed by atoms with Gasteiger partial charge in [-0.3, -0.25) is 10.1 Å². The van der Waals surface area contributed by atoms with E-state index in [2.05, 4.69) is 0 Å². The van der Waals surface area contributed by atoms with Gasteiger partial charge in [-0.05, 0) is 31.0 Å². The Morgan fingerprint density at radius 2 is 2.20 bits per heavy atom. The molecule has 0 amide bonds. The van der Waals surface area contributed by atoms with Gasteiger partial charge in [0.25, 0.3) is 5.69 Å². The smallest absolute Gasteiger partial charge is 0.274 e. The first-order chi connectivity index (χ1) is 9.63. The molecule has 3 rings (SSSR count). The van der Waals surface area contributed by atoms with Crippen LogP contribution in [0.15, 0.2) is 41.0 Å². The van der Waals surface area contributed by atoms with Gasteiger partial charge in [-0.25, -0.2) is 4.39 Å². The largest absolute Gasteiger partial charge is 0.467 e. The molecular weight excluding hydrogens is 263 g/mol. The van der Waals surface area contributed by atoms with Crippen molar-refractivity contribution in [3.63, 3.8) is 0 Å². The Morgan fingerprint density at radius 3 is 2.80 bits per heavy atom. The molecular formula is C14H13FN2O3. The maximum Gasteiger partial charge on any atom is 0.274 e. The van der Waals surface area contributed by atoms with E-state index in [9.17, 15) is 14.5 Å². The summed E-state index contributed by atoms with van der Waals surface area (Å²) in [5.41, 5.74) is 0.292. The van der Waals surface area contributed by atoms with Crippen molar-refractivity contribution in [3.05, 3.63) is 58.3 Å². The van der Waals surface area contributed by atoms with Crippen LogP contribution in [0, 0.1) is 15.9 Å². The summed E-state index contributed by atoms with van der Waals surface area (Å²) < 4.78 is 18.9. The van der Waals surface area contributed by atoms with Gasteiger partial charge in [-0.2, -0.15) is 0 Å². The van der Waals surface area contributed by atoms with Crippen molar-refractivity contribution >= 4 is 11.4 Å². The summed E-state index contributed by atoms with van der Waals surface area (Å²) in [4.78, 5) is 12.2. The maximum absolute atomic E-state index is 13.6. The van der Waals surface area contributed by atoms with Crippen molar-refractivity contribution < 1.29 is 13.7 Å². The minimum atomic E-state index is -0.598. The second-order valence-corrected chi connectivity index (χ2v) is 4.86. The van der Waals surface area contributed by atoms with Crippen LogP contribution in [0.3, 0.4) is 0 Å². The van der Waals surface area contributed by atoms with E-state index in [0.29, 0.717) is 18.3 Å². The number of halogens is 1. The number of benzene rings is 1. The van der Waals surface area contributed by atoms with E-state index in [1.54, 1.807) is 12.3 Å². The monoisotopic (exact) mass is 276 g/mol. The third-order valence-corrected chi connectivity index (χ3v) is 3.30. The van der Waals surface area contributed by atoms with Crippen molar-refractivity contribution in [2.45, 2.75) is 25.4 Å². The summed E-state index contributed by atoms with van der Waals surface area (Å²) in [6.07, 6.45) is 3.59. The molecule has 1 heterocycles. The van der Waals surface area contributed by atoms with Gasteiger partial charge in [0, 0.05) is 17.8 Å². The molecule has 1 aromatic carbocycles. The molecule has 0 spiro atoms. The van der Waals surface area contributed by atoms with Gasteiger partial charge in [0.05, 0.1) is 23.8 Å². The van der Waals surface area contributed by atoms with E-state index in [0.717, 1.165) is 24.7 Å². The number of nitro benzene ring substituents is 1. The number of nitro groups is 1. The van der Waals surface area contributed by atoms with Crippen molar-refractivity contribution in [2.75, 3.05) is 4.90 Å². The van der Waals surface area contributed by atoms with Crippen molar-refractivity contribution in [1.29, 1.82) is 0 Å². The zero-order chi connectivity index (χ0) is 14.1. The molecule has 1 aromatic heterocycles. The number of rotatable bonds is 5. The molecule has 2 aromatic rings. The van der Waals surface area contributed by atoms with Gasteiger partial charge in [-0.15, -0.1) is 0 Å². The molecule has 0 N–H and O–H groups in total. The lowest BCUT2D eigenvalue weighted by atomic mass is 10.2. The molecule has 0 saturated heterocycles. The second-order valence-electron chi connectivity index (χ2n) is 4.86. The highest BCUT2D eigenvalue weighted by molar-refractivity contribution is 5.55. The van der Waals surface area contributed by atoms with Crippen LogP contribution in [-0.2, 0) is 6.54 Å². The molecule has 6 heteroatoms. The Kier molecular flexibility index (Phi) is 3.14. The zero-order valence-electron chi connectivity index (χ0n) is 10.7. The SMILES string of the molecule is O=[N+]([O-])c1cc(F)cc(N(Cc2ccco2)C2CC2)c1. The van der Waals surface area contributed by atoms with E-state index >= 15 is 0 Å². The Balaban J connectivity index is 1.93. The fourth-order valence-electron chi connectivity index (χ4n) is 2.22. The lowest BCUT2D eigenvalue weighted by molar-refractivity contribution is -0.385. The third-order valence-electron chi connectivity index (χ3n) is 3.30. The topological polar surface area (TPSA) is 59.5 Å². The molecule has 0 aliphatic heterocycles. The molecule has 1 fully saturated rings. The molecule has 0 unspecified atom stereocenters. The predicted octanol–water partition coefficient (Wildman–Crippen LogP) is 3.50. The number of furan rings is 1. The standard InChI is InChI=1S/C14H13FN2O3/c15-10-6-12(8-13(7-10)17(18)19)16(11-3-4-11)9-14-2-1-5-20-14/h1-2,5-8,11H,3-4,9H2.